The summed E-state index contributed by atoms with van der Waals surface area (Å²) in [6.45, 7) is 3.64. The third-order valence-electron chi connectivity index (χ3n) is 5.69. The SMILES string of the molecule is CC1=C(C(=O)Nc2ccccc2)C(c2ccsc2)C(C#N)C(SCC(=O)Nc2ccc(Cl)c(C)c2)=N1. The third-order valence-corrected chi connectivity index (χ3v) is 7.86. The van der Waals surface area contributed by atoms with Crippen molar-refractivity contribution in [3.05, 3.63) is 92.8 Å². The number of thioether (sulfide) groups is 1. The Morgan fingerprint density at radius 1 is 1.11 bits per heavy atom. The van der Waals surface area contributed by atoms with Crippen LogP contribution >= 0.6 is 34.7 Å². The van der Waals surface area contributed by atoms with Crippen molar-refractivity contribution >= 4 is 62.9 Å². The van der Waals surface area contributed by atoms with Gasteiger partial charge >= 0.3 is 0 Å². The molecule has 0 saturated heterocycles. The lowest BCUT2D eigenvalue weighted by molar-refractivity contribution is -0.114. The van der Waals surface area contributed by atoms with Gasteiger partial charge < -0.3 is 10.6 Å². The molecule has 2 N–H and O–H groups in total. The fourth-order valence-corrected chi connectivity index (χ4v) is 5.71. The van der Waals surface area contributed by atoms with Crippen LogP contribution in [0.3, 0.4) is 0 Å². The number of halogens is 1. The van der Waals surface area contributed by atoms with Crippen LogP contribution in [-0.4, -0.2) is 22.6 Å². The molecule has 1 aromatic heterocycles. The maximum absolute atomic E-state index is 13.3. The molecule has 0 aliphatic carbocycles. The monoisotopic (exact) mass is 534 g/mol. The van der Waals surface area contributed by atoms with Gasteiger partial charge in [-0.3, -0.25) is 9.59 Å². The first-order valence-electron chi connectivity index (χ1n) is 11.1. The highest BCUT2D eigenvalue weighted by Gasteiger charge is 2.39. The predicted molar refractivity (Wildman–Crippen MR) is 149 cm³/mol. The smallest absolute Gasteiger partial charge is 0.254 e. The highest BCUT2D eigenvalue weighted by atomic mass is 35.5. The van der Waals surface area contributed by atoms with Crippen LogP contribution in [0.5, 0.6) is 0 Å². The summed E-state index contributed by atoms with van der Waals surface area (Å²) in [5, 5.41) is 21.0. The standard InChI is InChI=1S/C27H23ClN4O2S2/c1-16-12-20(8-9-22(16)28)31-23(33)15-36-27-21(13-29)25(18-10-11-35-14-18)24(17(2)30-27)26(34)32-19-6-4-3-5-7-19/h3-12,14,21,25H,15H2,1-2H3,(H,31,33)(H,32,34). The molecule has 0 spiro atoms. The Balaban J connectivity index is 1.58. The minimum absolute atomic E-state index is 0.0773. The van der Waals surface area contributed by atoms with Gasteiger partial charge in [0.1, 0.15) is 5.92 Å². The maximum Gasteiger partial charge on any atom is 0.254 e. The second kappa shape index (κ2) is 11.6. The number of hydrogen-bond donors (Lipinski definition) is 2. The van der Waals surface area contributed by atoms with Crippen LogP contribution in [0.4, 0.5) is 11.4 Å². The van der Waals surface area contributed by atoms with E-state index in [4.69, 9.17) is 11.6 Å². The van der Waals surface area contributed by atoms with E-state index < -0.39 is 11.8 Å². The number of aliphatic imine (C=N–C) groups is 1. The Morgan fingerprint density at radius 2 is 1.89 bits per heavy atom. The van der Waals surface area contributed by atoms with Crippen molar-refractivity contribution in [3.63, 3.8) is 0 Å². The number of hydrogen-bond acceptors (Lipinski definition) is 6. The molecule has 3 aromatic rings. The van der Waals surface area contributed by atoms with Crippen molar-refractivity contribution in [2.45, 2.75) is 19.8 Å². The number of thiophene rings is 1. The zero-order valence-corrected chi connectivity index (χ0v) is 22.0. The van der Waals surface area contributed by atoms with Crippen LogP contribution in [-0.2, 0) is 9.59 Å². The summed E-state index contributed by atoms with van der Waals surface area (Å²) in [7, 11) is 0. The number of allylic oxidation sites excluding steroid dienone is 1. The number of nitrogens with one attached hydrogen (secondary N) is 2. The van der Waals surface area contributed by atoms with Gasteiger partial charge in [-0.1, -0.05) is 41.6 Å². The normalized spacial score (nSPS) is 17.2. The highest BCUT2D eigenvalue weighted by molar-refractivity contribution is 8.14. The molecule has 182 valence electrons. The molecule has 1 aliphatic heterocycles. The van der Waals surface area contributed by atoms with Crippen LogP contribution in [0.25, 0.3) is 0 Å². The zero-order chi connectivity index (χ0) is 25.7. The van der Waals surface area contributed by atoms with Gasteiger partial charge in [0.15, 0.2) is 0 Å². The van der Waals surface area contributed by atoms with Gasteiger partial charge in [-0.2, -0.15) is 16.6 Å². The van der Waals surface area contributed by atoms with E-state index in [9.17, 15) is 14.9 Å². The average Bonchev–Trinajstić information content (AvgIpc) is 3.40. The van der Waals surface area contributed by atoms with Crippen molar-refractivity contribution < 1.29 is 9.59 Å². The first-order valence-corrected chi connectivity index (χ1v) is 13.4. The molecule has 6 nitrogen and oxygen atoms in total. The average molecular weight is 535 g/mol. The summed E-state index contributed by atoms with van der Waals surface area (Å²) in [4.78, 5) is 30.6. The fraction of sp³-hybridized carbons (Fsp3) is 0.185. The van der Waals surface area contributed by atoms with E-state index >= 15 is 0 Å². The van der Waals surface area contributed by atoms with Crippen molar-refractivity contribution in [1.29, 1.82) is 5.26 Å². The predicted octanol–water partition coefficient (Wildman–Crippen LogP) is 6.63. The number of rotatable bonds is 6. The Labute approximate surface area is 223 Å². The van der Waals surface area contributed by atoms with E-state index in [2.05, 4.69) is 21.7 Å². The molecule has 36 heavy (non-hydrogen) atoms. The molecule has 2 amide bonds. The number of carbonyl (C=O) groups excluding carboxylic acids is 2. The number of aryl methyl sites for hydroxylation is 1. The zero-order valence-electron chi connectivity index (χ0n) is 19.6. The van der Waals surface area contributed by atoms with E-state index in [0.29, 0.717) is 32.7 Å². The van der Waals surface area contributed by atoms with Crippen LogP contribution in [0.15, 0.2) is 81.6 Å². The van der Waals surface area contributed by atoms with Crippen LogP contribution in [0, 0.1) is 24.2 Å². The fourth-order valence-electron chi connectivity index (χ4n) is 3.98. The second-order valence-corrected chi connectivity index (χ2v) is 10.4. The van der Waals surface area contributed by atoms with Crippen LogP contribution < -0.4 is 10.6 Å². The lowest BCUT2D eigenvalue weighted by Gasteiger charge is -2.29. The van der Waals surface area contributed by atoms with Gasteiger partial charge in [0.05, 0.1) is 16.9 Å². The largest absolute Gasteiger partial charge is 0.325 e. The lowest BCUT2D eigenvalue weighted by Crippen LogP contribution is -2.31. The molecule has 2 atom stereocenters. The summed E-state index contributed by atoms with van der Waals surface area (Å²) in [5.41, 5.74) is 4.04. The minimum Gasteiger partial charge on any atom is -0.325 e. The molecular weight excluding hydrogens is 512 g/mol. The number of anilines is 2. The lowest BCUT2D eigenvalue weighted by atomic mass is 9.79. The molecule has 0 radical (unpaired) electrons. The van der Waals surface area contributed by atoms with Gasteiger partial charge in [-0.15, -0.1) is 0 Å². The second-order valence-electron chi connectivity index (χ2n) is 8.21. The molecule has 0 saturated carbocycles. The summed E-state index contributed by atoms with van der Waals surface area (Å²) in [6.07, 6.45) is 0. The number of benzene rings is 2. The van der Waals surface area contributed by atoms with E-state index in [0.717, 1.165) is 11.1 Å². The molecule has 1 aliphatic rings. The van der Waals surface area contributed by atoms with Crippen molar-refractivity contribution in [2.24, 2.45) is 10.9 Å². The summed E-state index contributed by atoms with van der Waals surface area (Å²) in [6, 6.07) is 18.7. The minimum atomic E-state index is -0.699. The molecule has 9 heteroatoms. The maximum atomic E-state index is 13.3. The van der Waals surface area contributed by atoms with E-state index in [-0.39, 0.29) is 17.6 Å². The molecule has 0 fully saturated rings. The molecule has 0 bridgehead atoms. The van der Waals surface area contributed by atoms with Crippen molar-refractivity contribution in [2.75, 3.05) is 16.4 Å². The molecule has 2 unspecified atom stereocenters. The number of nitrogens with zero attached hydrogens (tertiary/aromatic N) is 2. The Hall–Kier alpha value is -3.38. The van der Waals surface area contributed by atoms with Gasteiger partial charge in [-0.05, 0) is 72.1 Å². The first-order chi connectivity index (χ1) is 17.4. The first kappa shape index (κ1) is 25.7. The number of para-hydroxylation sites is 1. The van der Waals surface area contributed by atoms with Gasteiger partial charge in [-0.25, -0.2) is 4.99 Å². The number of amides is 2. The quantitative estimate of drug-likeness (QED) is 0.371. The molecule has 4 rings (SSSR count). The van der Waals surface area contributed by atoms with Crippen LogP contribution in [0.2, 0.25) is 5.02 Å². The van der Waals surface area contributed by atoms with Crippen LogP contribution in [0.1, 0.15) is 24.0 Å². The highest BCUT2D eigenvalue weighted by Crippen LogP contribution is 2.42. The van der Waals surface area contributed by atoms with Gasteiger partial charge in [0.2, 0.25) is 5.91 Å². The molecule has 2 heterocycles. The topological polar surface area (TPSA) is 94.4 Å². The van der Waals surface area contributed by atoms with E-state index in [1.807, 2.05) is 54.1 Å². The summed E-state index contributed by atoms with van der Waals surface area (Å²) in [5.74, 6) is -1.63. The Morgan fingerprint density at radius 3 is 2.56 bits per heavy atom. The molecular formula is C27H23ClN4O2S2. The number of nitriles is 1. The van der Waals surface area contributed by atoms with E-state index in [1.54, 1.807) is 25.1 Å². The third kappa shape index (κ3) is 5.88. The Bertz CT molecular complexity index is 1380. The van der Waals surface area contributed by atoms with Crippen molar-refractivity contribution in [1.82, 2.24) is 0 Å². The molecule has 2 aromatic carbocycles. The summed E-state index contributed by atoms with van der Waals surface area (Å²) < 4.78 is 0. The number of carbonyl (C=O) groups is 2. The van der Waals surface area contributed by atoms with Gasteiger partial charge in [0.25, 0.3) is 5.91 Å². The van der Waals surface area contributed by atoms with E-state index in [1.165, 1.54) is 23.1 Å². The Kier molecular flexibility index (Phi) is 8.26. The van der Waals surface area contributed by atoms with Crippen molar-refractivity contribution in [3.8, 4) is 6.07 Å². The van der Waals surface area contributed by atoms with Gasteiger partial charge in [0, 0.05) is 33.6 Å². The summed E-state index contributed by atoms with van der Waals surface area (Å²) >= 11 is 8.78.